The number of hydrogen-bond acceptors (Lipinski definition) is 3. The van der Waals surface area contributed by atoms with E-state index in [0.717, 1.165) is 22.1 Å². The van der Waals surface area contributed by atoms with Crippen LogP contribution in [-0.4, -0.2) is 23.9 Å². The number of anilines is 2. The monoisotopic (exact) mass is 278 g/mol. The van der Waals surface area contributed by atoms with Crippen LogP contribution in [0.25, 0.3) is 0 Å². The molecule has 1 atom stereocenters. The Morgan fingerprint density at radius 3 is 2.58 bits per heavy atom. The molecule has 1 heterocycles. The van der Waals surface area contributed by atoms with Crippen molar-refractivity contribution in [3.05, 3.63) is 41.2 Å². The molecule has 2 rings (SSSR count). The zero-order valence-corrected chi connectivity index (χ0v) is 12.4. The smallest absolute Gasteiger partial charge is 0.0659 e. The van der Waals surface area contributed by atoms with Crippen LogP contribution < -0.4 is 10.2 Å². The van der Waals surface area contributed by atoms with Gasteiger partial charge in [-0.3, -0.25) is 4.68 Å². The zero-order valence-electron chi connectivity index (χ0n) is 11.7. The van der Waals surface area contributed by atoms with Gasteiger partial charge in [0.15, 0.2) is 0 Å². The number of nitrogens with zero attached hydrogens (tertiary/aromatic N) is 3. The summed E-state index contributed by atoms with van der Waals surface area (Å²) < 4.78 is 1.87. The minimum atomic E-state index is 0.175. The van der Waals surface area contributed by atoms with Crippen LogP contribution in [0.1, 0.15) is 18.7 Å². The van der Waals surface area contributed by atoms with Gasteiger partial charge in [0.2, 0.25) is 0 Å². The Labute approximate surface area is 119 Å². The van der Waals surface area contributed by atoms with Gasteiger partial charge in [-0.05, 0) is 31.2 Å². The quantitative estimate of drug-likeness (QED) is 0.931. The number of aryl methyl sites for hydroxylation is 1. The Hall–Kier alpha value is -1.68. The second-order valence-electron chi connectivity index (χ2n) is 4.81. The van der Waals surface area contributed by atoms with E-state index >= 15 is 0 Å². The predicted molar refractivity (Wildman–Crippen MR) is 81.0 cm³/mol. The van der Waals surface area contributed by atoms with E-state index in [0.29, 0.717) is 0 Å². The van der Waals surface area contributed by atoms with Crippen molar-refractivity contribution in [1.82, 2.24) is 9.78 Å². The third-order valence-electron chi connectivity index (χ3n) is 3.12. The summed E-state index contributed by atoms with van der Waals surface area (Å²) in [6.45, 7) is 2.10. The van der Waals surface area contributed by atoms with Gasteiger partial charge < -0.3 is 10.2 Å². The molecule has 0 aliphatic rings. The summed E-state index contributed by atoms with van der Waals surface area (Å²) in [4.78, 5) is 2.00. The van der Waals surface area contributed by atoms with Gasteiger partial charge in [-0.15, -0.1) is 0 Å². The van der Waals surface area contributed by atoms with E-state index in [-0.39, 0.29) is 6.04 Å². The minimum absolute atomic E-state index is 0.175. The number of hydrogen-bond donors (Lipinski definition) is 1. The molecule has 0 bridgehead atoms. The molecule has 0 radical (unpaired) electrons. The number of benzene rings is 1. The SMILES string of the molecule is CC(Nc1ccc(N(C)C)c(Cl)c1)c1ccnn1C. The summed E-state index contributed by atoms with van der Waals surface area (Å²) in [7, 11) is 5.90. The molecule has 0 spiro atoms. The molecule has 1 N–H and O–H groups in total. The van der Waals surface area contributed by atoms with Crippen LogP contribution in [0.3, 0.4) is 0 Å². The molecule has 102 valence electrons. The van der Waals surface area contributed by atoms with Crippen LogP contribution in [0.5, 0.6) is 0 Å². The predicted octanol–water partition coefficient (Wildman–Crippen LogP) is 3.31. The maximum absolute atomic E-state index is 6.26. The fraction of sp³-hybridized carbons (Fsp3) is 0.357. The van der Waals surface area contributed by atoms with E-state index in [2.05, 4.69) is 17.3 Å². The van der Waals surface area contributed by atoms with E-state index in [1.807, 2.05) is 55.0 Å². The van der Waals surface area contributed by atoms with Crippen LogP contribution in [0, 0.1) is 0 Å². The summed E-state index contributed by atoms with van der Waals surface area (Å²) in [6, 6.07) is 8.18. The molecule has 1 unspecified atom stereocenters. The van der Waals surface area contributed by atoms with Gasteiger partial charge in [0.05, 0.1) is 22.4 Å². The fourth-order valence-electron chi connectivity index (χ4n) is 2.09. The van der Waals surface area contributed by atoms with Crippen LogP contribution >= 0.6 is 11.6 Å². The second-order valence-corrected chi connectivity index (χ2v) is 5.21. The molecule has 5 heteroatoms. The first-order valence-electron chi connectivity index (χ1n) is 6.20. The van der Waals surface area contributed by atoms with E-state index in [9.17, 15) is 0 Å². The molecule has 1 aromatic heterocycles. The van der Waals surface area contributed by atoms with E-state index in [1.54, 1.807) is 6.20 Å². The molecule has 0 aliphatic heterocycles. The largest absolute Gasteiger partial charge is 0.377 e. The topological polar surface area (TPSA) is 33.1 Å². The molecule has 0 saturated carbocycles. The van der Waals surface area contributed by atoms with Crippen LogP contribution in [0.15, 0.2) is 30.5 Å². The van der Waals surface area contributed by atoms with Crippen molar-refractivity contribution in [3.8, 4) is 0 Å². The molecule has 0 amide bonds. The van der Waals surface area contributed by atoms with Gasteiger partial charge in [-0.25, -0.2) is 0 Å². The van der Waals surface area contributed by atoms with Crippen molar-refractivity contribution < 1.29 is 0 Å². The van der Waals surface area contributed by atoms with Gasteiger partial charge in [0, 0.05) is 33.0 Å². The van der Waals surface area contributed by atoms with Crippen LogP contribution in [-0.2, 0) is 7.05 Å². The lowest BCUT2D eigenvalue weighted by Crippen LogP contribution is -2.12. The molecule has 19 heavy (non-hydrogen) atoms. The average molecular weight is 279 g/mol. The highest BCUT2D eigenvalue weighted by molar-refractivity contribution is 6.33. The zero-order chi connectivity index (χ0) is 14.0. The van der Waals surface area contributed by atoms with Crippen LogP contribution in [0.4, 0.5) is 11.4 Å². The minimum Gasteiger partial charge on any atom is -0.377 e. The average Bonchev–Trinajstić information content (AvgIpc) is 2.75. The van der Waals surface area contributed by atoms with Crippen LogP contribution in [0.2, 0.25) is 5.02 Å². The van der Waals surface area contributed by atoms with Gasteiger partial charge >= 0.3 is 0 Å². The van der Waals surface area contributed by atoms with Gasteiger partial charge in [-0.1, -0.05) is 11.6 Å². The Morgan fingerprint density at radius 2 is 2.05 bits per heavy atom. The maximum atomic E-state index is 6.26. The third-order valence-corrected chi connectivity index (χ3v) is 3.42. The van der Waals surface area contributed by atoms with Crippen molar-refractivity contribution in [2.75, 3.05) is 24.3 Å². The highest BCUT2D eigenvalue weighted by Gasteiger charge is 2.10. The third kappa shape index (κ3) is 3.01. The summed E-state index contributed by atoms with van der Waals surface area (Å²) in [6.07, 6.45) is 1.80. The number of aromatic nitrogens is 2. The summed E-state index contributed by atoms with van der Waals surface area (Å²) in [5.41, 5.74) is 3.15. The molecule has 0 saturated heterocycles. The summed E-state index contributed by atoms with van der Waals surface area (Å²) in [5, 5.41) is 8.35. The molecular formula is C14H19ClN4. The highest BCUT2D eigenvalue weighted by atomic mass is 35.5. The molecule has 2 aromatic rings. The molecular weight excluding hydrogens is 260 g/mol. The first-order valence-corrected chi connectivity index (χ1v) is 6.58. The molecule has 0 aliphatic carbocycles. The summed E-state index contributed by atoms with van der Waals surface area (Å²) in [5.74, 6) is 0. The lowest BCUT2D eigenvalue weighted by atomic mass is 10.2. The lowest BCUT2D eigenvalue weighted by Gasteiger charge is -2.18. The van der Waals surface area contributed by atoms with Crippen molar-refractivity contribution in [3.63, 3.8) is 0 Å². The van der Waals surface area contributed by atoms with Gasteiger partial charge in [0.1, 0.15) is 0 Å². The molecule has 0 fully saturated rings. The van der Waals surface area contributed by atoms with E-state index < -0.39 is 0 Å². The molecule has 1 aromatic carbocycles. The number of rotatable bonds is 4. The first-order chi connectivity index (χ1) is 8.99. The number of nitrogens with one attached hydrogen (secondary N) is 1. The number of halogens is 1. The van der Waals surface area contributed by atoms with E-state index in [4.69, 9.17) is 11.6 Å². The fourth-order valence-corrected chi connectivity index (χ4v) is 2.44. The molecule has 4 nitrogen and oxygen atoms in total. The maximum Gasteiger partial charge on any atom is 0.0659 e. The van der Waals surface area contributed by atoms with Crippen molar-refractivity contribution >= 4 is 23.0 Å². The van der Waals surface area contributed by atoms with Gasteiger partial charge in [-0.2, -0.15) is 5.10 Å². The standard InChI is InChI=1S/C14H19ClN4/c1-10(13-7-8-16-19(13)4)17-11-5-6-14(18(2)3)12(15)9-11/h5-10,17H,1-4H3. The Bertz CT molecular complexity index is 562. The van der Waals surface area contributed by atoms with E-state index in [1.165, 1.54) is 0 Å². The van der Waals surface area contributed by atoms with Gasteiger partial charge in [0.25, 0.3) is 0 Å². The normalized spacial score (nSPS) is 12.3. The van der Waals surface area contributed by atoms with Crippen molar-refractivity contribution in [2.45, 2.75) is 13.0 Å². The Balaban J connectivity index is 2.16. The first kappa shape index (κ1) is 13.7. The second kappa shape index (κ2) is 5.53. The summed E-state index contributed by atoms with van der Waals surface area (Å²) >= 11 is 6.26. The van der Waals surface area contributed by atoms with Crippen molar-refractivity contribution in [2.24, 2.45) is 7.05 Å². The lowest BCUT2D eigenvalue weighted by molar-refractivity contribution is 0.676. The Kier molecular flexibility index (Phi) is 4.00. The van der Waals surface area contributed by atoms with Crippen molar-refractivity contribution in [1.29, 1.82) is 0 Å². The Morgan fingerprint density at radius 1 is 1.32 bits per heavy atom. The highest BCUT2D eigenvalue weighted by Crippen LogP contribution is 2.29.